The van der Waals surface area contributed by atoms with Crippen molar-refractivity contribution in [1.82, 2.24) is 5.32 Å². The first-order valence-corrected chi connectivity index (χ1v) is 7.21. The van der Waals surface area contributed by atoms with Gasteiger partial charge >= 0.3 is 0 Å². The van der Waals surface area contributed by atoms with E-state index >= 15 is 0 Å². The van der Waals surface area contributed by atoms with Crippen molar-refractivity contribution in [3.8, 4) is 0 Å². The van der Waals surface area contributed by atoms with Crippen LogP contribution in [0.15, 0.2) is 0 Å². The van der Waals surface area contributed by atoms with E-state index in [0.29, 0.717) is 12.1 Å². The van der Waals surface area contributed by atoms with Gasteiger partial charge in [-0.15, -0.1) is 0 Å². The van der Waals surface area contributed by atoms with Gasteiger partial charge in [0.1, 0.15) is 0 Å². The molecule has 1 saturated carbocycles. The Bertz CT molecular complexity index is 162. The van der Waals surface area contributed by atoms with Crippen LogP contribution in [-0.2, 0) is 0 Å². The minimum atomic E-state index is 0.484. The van der Waals surface area contributed by atoms with Gasteiger partial charge in [-0.3, -0.25) is 0 Å². The standard InChI is InChI=1S/C14H30N2/c1-3-4-5-6-12(2)16-11-13-7-9-14(15)10-8-13/h12-14,16H,3-11,15H2,1-2H3. The SMILES string of the molecule is CCCCCC(C)NCC1CCC(N)CC1. The summed E-state index contributed by atoms with van der Waals surface area (Å²) in [5, 5.41) is 3.69. The molecule has 0 bridgehead atoms. The summed E-state index contributed by atoms with van der Waals surface area (Å²) in [6.45, 7) is 5.80. The molecule has 1 aliphatic carbocycles. The van der Waals surface area contributed by atoms with Gasteiger partial charge < -0.3 is 11.1 Å². The largest absolute Gasteiger partial charge is 0.328 e. The smallest absolute Gasteiger partial charge is 0.00390 e. The highest BCUT2D eigenvalue weighted by Gasteiger charge is 2.18. The van der Waals surface area contributed by atoms with E-state index in [1.165, 1.54) is 57.9 Å². The third-order valence-corrected chi connectivity index (χ3v) is 3.89. The van der Waals surface area contributed by atoms with E-state index in [0.717, 1.165) is 5.92 Å². The molecule has 2 heteroatoms. The molecule has 0 aromatic rings. The third-order valence-electron chi connectivity index (χ3n) is 3.89. The first-order valence-electron chi connectivity index (χ1n) is 7.21. The zero-order valence-corrected chi connectivity index (χ0v) is 11.2. The summed E-state index contributed by atoms with van der Waals surface area (Å²) >= 11 is 0. The van der Waals surface area contributed by atoms with E-state index in [2.05, 4.69) is 19.2 Å². The maximum Gasteiger partial charge on any atom is 0.00390 e. The molecule has 0 aromatic heterocycles. The van der Waals surface area contributed by atoms with Gasteiger partial charge in [0.05, 0.1) is 0 Å². The van der Waals surface area contributed by atoms with Crippen LogP contribution in [0, 0.1) is 5.92 Å². The molecular formula is C14H30N2. The predicted octanol–water partition coefficient (Wildman–Crippen LogP) is 3.06. The maximum absolute atomic E-state index is 5.91. The number of nitrogens with two attached hydrogens (primary N) is 1. The van der Waals surface area contributed by atoms with Crippen LogP contribution in [-0.4, -0.2) is 18.6 Å². The molecule has 1 atom stereocenters. The maximum atomic E-state index is 5.91. The average Bonchev–Trinajstić information content (AvgIpc) is 2.29. The molecule has 0 amide bonds. The molecule has 0 spiro atoms. The van der Waals surface area contributed by atoms with Crippen LogP contribution in [0.3, 0.4) is 0 Å². The molecular weight excluding hydrogens is 196 g/mol. The van der Waals surface area contributed by atoms with Crippen LogP contribution < -0.4 is 11.1 Å². The van der Waals surface area contributed by atoms with Gasteiger partial charge in [0, 0.05) is 12.1 Å². The molecule has 0 saturated heterocycles. The van der Waals surface area contributed by atoms with Gasteiger partial charge in [-0.05, 0) is 51.5 Å². The second-order valence-corrected chi connectivity index (χ2v) is 5.59. The lowest BCUT2D eigenvalue weighted by Crippen LogP contribution is -2.35. The Morgan fingerprint density at radius 1 is 1.19 bits per heavy atom. The fourth-order valence-corrected chi connectivity index (χ4v) is 2.56. The van der Waals surface area contributed by atoms with Gasteiger partial charge in [0.15, 0.2) is 0 Å². The summed E-state index contributed by atoms with van der Waals surface area (Å²) in [5.74, 6) is 0.883. The van der Waals surface area contributed by atoms with Gasteiger partial charge in [-0.2, -0.15) is 0 Å². The molecule has 96 valence electrons. The molecule has 0 aromatic carbocycles. The van der Waals surface area contributed by atoms with E-state index in [9.17, 15) is 0 Å². The van der Waals surface area contributed by atoms with Crippen LogP contribution in [0.5, 0.6) is 0 Å². The fourth-order valence-electron chi connectivity index (χ4n) is 2.56. The predicted molar refractivity (Wildman–Crippen MR) is 71.5 cm³/mol. The Balaban J connectivity index is 2.00. The number of hydrogen-bond donors (Lipinski definition) is 2. The zero-order valence-electron chi connectivity index (χ0n) is 11.2. The number of nitrogens with one attached hydrogen (secondary N) is 1. The molecule has 0 aliphatic heterocycles. The van der Waals surface area contributed by atoms with E-state index < -0.39 is 0 Å². The van der Waals surface area contributed by atoms with Crippen LogP contribution in [0.25, 0.3) is 0 Å². The Hall–Kier alpha value is -0.0800. The van der Waals surface area contributed by atoms with Crippen molar-refractivity contribution in [2.24, 2.45) is 11.7 Å². The van der Waals surface area contributed by atoms with E-state index in [1.807, 2.05) is 0 Å². The number of unbranched alkanes of at least 4 members (excludes halogenated alkanes) is 2. The first-order chi connectivity index (χ1) is 7.72. The first kappa shape index (κ1) is 14.0. The normalized spacial score (nSPS) is 27.9. The summed E-state index contributed by atoms with van der Waals surface area (Å²) in [4.78, 5) is 0. The van der Waals surface area contributed by atoms with Crippen LogP contribution in [0.2, 0.25) is 0 Å². The van der Waals surface area contributed by atoms with Crippen molar-refractivity contribution in [1.29, 1.82) is 0 Å². The Morgan fingerprint density at radius 2 is 1.88 bits per heavy atom. The summed E-state index contributed by atoms with van der Waals surface area (Å²) in [5.41, 5.74) is 5.91. The average molecular weight is 226 g/mol. The summed E-state index contributed by atoms with van der Waals surface area (Å²) < 4.78 is 0. The highest BCUT2D eigenvalue weighted by atomic mass is 14.9. The van der Waals surface area contributed by atoms with Crippen LogP contribution in [0.4, 0.5) is 0 Å². The Labute approximate surface area is 101 Å². The molecule has 1 aliphatic rings. The van der Waals surface area contributed by atoms with Crippen molar-refractivity contribution < 1.29 is 0 Å². The van der Waals surface area contributed by atoms with Crippen molar-refractivity contribution in [2.75, 3.05) is 6.54 Å². The lowest BCUT2D eigenvalue weighted by Gasteiger charge is -2.27. The van der Waals surface area contributed by atoms with Gasteiger partial charge in [0.25, 0.3) is 0 Å². The lowest BCUT2D eigenvalue weighted by molar-refractivity contribution is 0.302. The molecule has 0 radical (unpaired) electrons. The molecule has 16 heavy (non-hydrogen) atoms. The molecule has 1 rings (SSSR count). The van der Waals surface area contributed by atoms with Crippen LogP contribution >= 0.6 is 0 Å². The number of hydrogen-bond acceptors (Lipinski definition) is 2. The molecule has 3 N–H and O–H groups in total. The minimum Gasteiger partial charge on any atom is -0.328 e. The van der Waals surface area contributed by atoms with E-state index in [-0.39, 0.29) is 0 Å². The second kappa shape index (κ2) is 8.08. The summed E-state index contributed by atoms with van der Waals surface area (Å²) in [6, 6.07) is 1.18. The number of rotatable bonds is 7. The topological polar surface area (TPSA) is 38.0 Å². The summed E-state index contributed by atoms with van der Waals surface area (Å²) in [7, 11) is 0. The minimum absolute atomic E-state index is 0.484. The van der Waals surface area contributed by atoms with E-state index in [4.69, 9.17) is 5.73 Å². The molecule has 1 fully saturated rings. The molecule has 2 nitrogen and oxygen atoms in total. The second-order valence-electron chi connectivity index (χ2n) is 5.59. The zero-order chi connectivity index (χ0) is 11.8. The lowest BCUT2D eigenvalue weighted by atomic mass is 9.86. The molecule has 0 heterocycles. The quantitative estimate of drug-likeness (QED) is 0.655. The van der Waals surface area contributed by atoms with Crippen LogP contribution in [0.1, 0.15) is 65.2 Å². The van der Waals surface area contributed by atoms with E-state index in [1.54, 1.807) is 0 Å². The highest BCUT2D eigenvalue weighted by Crippen LogP contribution is 2.22. The van der Waals surface area contributed by atoms with Crippen molar-refractivity contribution in [3.63, 3.8) is 0 Å². The Morgan fingerprint density at radius 3 is 2.50 bits per heavy atom. The van der Waals surface area contributed by atoms with Crippen molar-refractivity contribution in [3.05, 3.63) is 0 Å². The molecule has 1 unspecified atom stereocenters. The van der Waals surface area contributed by atoms with Crippen molar-refractivity contribution >= 4 is 0 Å². The van der Waals surface area contributed by atoms with Gasteiger partial charge in [-0.25, -0.2) is 0 Å². The monoisotopic (exact) mass is 226 g/mol. The summed E-state index contributed by atoms with van der Waals surface area (Å²) in [6.07, 6.45) is 10.5. The Kier molecular flexibility index (Phi) is 7.06. The van der Waals surface area contributed by atoms with Gasteiger partial charge in [0.2, 0.25) is 0 Å². The fraction of sp³-hybridized carbons (Fsp3) is 1.00. The third kappa shape index (κ3) is 5.86. The highest BCUT2D eigenvalue weighted by molar-refractivity contribution is 4.76. The van der Waals surface area contributed by atoms with Gasteiger partial charge in [-0.1, -0.05) is 26.2 Å². The van der Waals surface area contributed by atoms with Crippen molar-refractivity contribution in [2.45, 2.75) is 77.3 Å².